The van der Waals surface area contributed by atoms with Crippen LogP contribution in [0.2, 0.25) is 15.1 Å². The van der Waals surface area contributed by atoms with E-state index < -0.39 is 17.2 Å². The Morgan fingerprint density at radius 2 is 2.00 bits per heavy atom. The summed E-state index contributed by atoms with van der Waals surface area (Å²) in [5, 5.41) is 21.5. The Labute approximate surface area is 185 Å². The summed E-state index contributed by atoms with van der Waals surface area (Å²) in [6, 6.07) is 5.02. The van der Waals surface area contributed by atoms with Gasteiger partial charge in [-0.1, -0.05) is 48.1 Å². The first-order valence-electron chi connectivity index (χ1n) is 8.71. The standard InChI is InChI=1S/C20H15Cl3N2O3S/c1-3-4-5-25-19(27)11(8-24)9(2)14(20(25)28)17(26)18-16(23)15-12(22)6-10(21)7-13(15)29-18/h6-7,28H,3-5H2,1-2H3. The SMILES string of the molecule is CCCCn1c(O)c(C(=O)c2sc3cc(Cl)cc(Cl)c3c2Cl)c(C)c(C#N)c1=O. The predicted molar refractivity (Wildman–Crippen MR) is 117 cm³/mol. The van der Waals surface area contributed by atoms with E-state index in [9.17, 15) is 20.0 Å². The van der Waals surface area contributed by atoms with Crippen LogP contribution >= 0.6 is 46.1 Å². The first-order chi connectivity index (χ1) is 13.7. The number of aromatic nitrogens is 1. The van der Waals surface area contributed by atoms with Gasteiger partial charge in [-0.05, 0) is 31.0 Å². The molecule has 9 heteroatoms. The molecule has 3 rings (SSSR count). The number of ketones is 1. The number of unbranched alkanes of at least 4 members (excludes halogenated alkanes) is 1. The summed E-state index contributed by atoms with van der Waals surface area (Å²) in [4.78, 5) is 26.1. The van der Waals surface area contributed by atoms with Gasteiger partial charge in [0.05, 0.1) is 20.5 Å². The summed E-state index contributed by atoms with van der Waals surface area (Å²) in [5.41, 5.74) is -0.802. The molecule has 0 spiro atoms. The van der Waals surface area contributed by atoms with Crippen LogP contribution in [0.4, 0.5) is 0 Å². The number of hydrogen-bond acceptors (Lipinski definition) is 5. The molecular formula is C20H15Cl3N2O3S. The van der Waals surface area contributed by atoms with Gasteiger partial charge < -0.3 is 5.11 Å². The highest BCUT2D eigenvalue weighted by Crippen LogP contribution is 2.42. The van der Waals surface area contributed by atoms with Gasteiger partial charge >= 0.3 is 0 Å². The van der Waals surface area contributed by atoms with Crippen molar-refractivity contribution in [2.75, 3.05) is 0 Å². The largest absolute Gasteiger partial charge is 0.494 e. The average molecular weight is 470 g/mol. The Hall–Kier alpha value is -2.04. The molecule has 0 aliphatic heterocycles. The van der Waals surface area contributed by atoms with E-state index in [4.69, 9.17) is 34.8 Å². The van der Waals surface area contributed by atoms with Crippen molar-refractivity contribution in [3.05, 3.63) is 59.1 Å². The number of carbonyl (C=O) groups excluding carboxylic acids is 1. The van der Waals surface area contributed by atoms with E-state index in [2.05, 4.69) is 0 Å². The zero-order chi connectivity index (χ0) is 21.5. The van der Waals surface area contributed by atoms with Gasteiger partial charge in [0.1, 0.15) is 11.6 Å². The molecule has 0 saturated carbocycles. The number of rotatable bonds is 5. The van der Waals surface area contributed by atoms with Gasteiger partial charge in [-0.3, -0.25) is 14.2 Å². The molecule has 1 aromatic carbocycles. The van der Waals surface area contributed by atoms with Crippen molar-refractivity contribution >= 4 is 62.0 Å². The number of nitriles is 1. The lowest BCUT2D eigenvalue weighted by molar-refractivity contribution is 0.103. The summed E-state index contributed by atoms with van der Waals surface area (Å²) in [7, 11) is 0. The van der Waals surface area contributed by atoms with Gasteiger partial charge in [0, 0.05) is 21.7 Å². The highest BCUT2D eigenvalue weighted by Gasteiger charge is 2.28. The molecule has 150 valence electrons. The topological polar surface area (TPSA) is 83.1 Å². The highest BCUT2D eigenvalue weighted by atomic mass is 35.5. The van der Waals surface area contributed by atoms with Crippen molar-refractivity contribution in [3.63, 3.8) is 0 Å². The van der Waals surface area contributed by atoms with Gasteiger partial charge in [-0.15, -0.1) is 11.3 Å². The maximum absolute atomic E-state index is 13.3. The van der Waals surface area contributed by atoms with E-state index in [0.29, 0.717) is 26.6 Å². The van der Waals surface area contributed by atoms with Crippen molar-refractivity contribution in [2.45, 2.75) is 33.2 Å². The maximum Gasteiger partial charge on any atom is 0.271 e. The van der Waals surface area contributed by atoms with E-state index in [1.165, 1.54) is 13.0 Å². The first-order valence-corrected chi connectivity index (χ1v) is 10.7. The number of carbonyl (C=O) groups is 1. The van der Waals surface area contributed by atoms with Crippen LogP contribution < -0.4 is 5.56 Å². The normalized spacial score (nSPS) is 11.0. The van der Waals surface area contributed by atoms with Crippen LogP contribution in [0.5, 0.6) is 5.88 Å². The minimum atomic E-state index is -0.621. The van der Waals surface area contributed by atoms with Crippen LogP contribution in [0.3, 0.4) is 0 Å². The molecule has 0 saturated heterocycles. The van der Waals surface area contributed by atoms with Gasteiger partial charge in [0.25, 0.3) is 5.56 Å². The molecule has 0 aliphatic carbocycles. The summed E-state index contributed by atoms with van der Waals surface area (Å²) in [6.07, 6.45) is 1.37. The number of fused-ring (bicyclic) bond motifs is 1. The Morgan fingerprint density at radius 1 is 1.31 bits per heavy atom. The molecular weight excluding hydrogens is 455 g/mol. The zero-order valence-corrected chi connectivity index (χ0v) is 18.6. The number of thiophene rings is 1. The molecule has 0 atom stereocenters. The number of aromatic hydroxyl groups is 1. The molecule has 0 fully saturated rings. The van der Waals surface area contributed by atoms with E-state index in [-0.39, 0.29) is 33.1 Å². The third-order valence-corrected chi connectivity index (χ3v) is 6.76. The zero-order valence-electron chi connectivity index (χ0n) is 15.5. The van der Waals surface area contributed by atoms with Crippen LogP contribution in [-0.4, -0.2) is 15.5 Å². The van der Waals surface area contributed by atoms with E-state index >= 15 is 0 Å². The first kappa shape index (κ1) is 21.7. The van der Waals surface area contributed by atoms with Gasteiger partial charge in [-0.2, -0.15) is 5.26 Å². The van der Waals surface area contributed by atoms with Crippen molar-refractivity contribution in [3.8, 4) is 11.9 Å². The second kappa shape index (κ2) is 8.37. The fraction of sp³-hybridized carbons (Fsp3) is 0.250. The lowest BCUT2D eigenvalue weighted by atomic mass is 10.0. The number of benzene rings is 1. The molecule has 2 heterocycles. The summed E-state index contributed by atoms with van der Waals surface area (Å²) >= 11 is 19.8. The molecule has 3 aromatic rings. The second-order valence-corrected chi connectivity index (χ2v) is 8.73. The lowest BCUT2D eigenvalue weighted by Gasteiger charge is -2.15. The van der Waals surface area contributed by atoms with E-state index in [1.54, 1.807) is 6.07 Å². The summed E-state index contributed by atoms with van der Waals surface area (Å²) in [6.45, 7) is 3.58. The molecule has 0 bridgehead atoms. The molecule has 1 N–H and O–H groups in total. The van der Waals surface area contributed by atoms with E-state index in [0.717, 1.165) is 22.3 Å². The molecule has 0 unspecified atom stereocenters. The van der Waals surface area contributed by atoms with Gasteiger partial charge in [0.2, 0.25) is 11.7 Å². The van der Waals surface area contributed by atoms with Gasteiger partial charge in [-0.25, -0.2) is 0 Å². The van der Waals surface area contributed by atoms with E-state index in [1.807, 2.05) is 13.0 Å². The van der Waals surface area contributed by atoms with Crippen LogP contribution in [-0.2, 0) is 6.54 Å². The molecule has 0 radical (unpaired) electrons. The minimum absolute atomic E-state index is 0.116. The van der Waals surface area contributed by atoms with Crippen molar-refractivity contribution in [1.29, 1.82) is 5.26 Å². The smallest absolute Gasteiger partial charge is 0.271 e. The lowest BCUT2D eigenvalue weighted by Crippen LogP contribution is -2.26. The molecule has 2 aromatic heterocycles. The van der Waals surface area contributed by atoms with Crippen molar-refractivity contribution in [2.24, 2.45) is 0 Å². The molecule has 0 amide bonds. The average Bonchev–Trinajstić information content (AvgIpc) is 2.98. The molecule has 0 aliphatic rings. The van der Waals surface area contributed by atoms with Crippen LogP contribution in [0.1, 0.15) is 46.1 Å². The van der Waals surface area contributed by atoms with Crippen LogP contribution in [0.25, 0.3) is 10.1 Å². The predicted octanol–water partition coefficient (Wildman–Crippen LogP) is 5.94. The highest BCUT2D eigenvalue weighted by molar-refractivity contribution is 7.22. The fourth-order valence-corrected chi connectivity index (χ4v) is 5.44. The van der Waals surface area contributed by atoms with Crippen LogP contribution in [0.15, 0.2) is 16.9 Å². The summed E-state index contributed by atoms with van der Waals surface area (Å²) in [5.74, 6) is -1.05. The minimum Gasteiger partial charge on any atom is -0.494 e. The molecule has 5 nitrogen and oxygen atoms in total. The monoisotopic (exact) mass is 468 g/mol. The molecule has 29 heavy (non-hydrogen) atoms. The van der Waals surface area contributed by atoms with Crippen LogP contribution in [0, 0.1) is 18.3 Å². The number of pyridine rings is 1. The van der Waals surface area contributed by atoms with Crippen molar-refractivity contribution in [1.82, 2.24) is 4.57 Å². The Bertz CT molecular complexity index is 1260. The Kier molecular flexibility index (Phi) is 6.25. The number of hydrogen-bond donors (Lipinski definition) is 1. The fourth-order valence-electron chi connectivity index (χ4n) is 3.12. The third-order valence-electron chi connectivity index (χ3n) is 4.62. The third kappa shape index (κ3) is 3.64. The summed E-state index contributed by atoms with van der Waals surface area (Å²) < 4.78 is 1.68. The number of nitrogens with zero attached hydrogens (tertiary/aromatic N) is 2. The quantitative estimate of drug-likeness (QED) is 0.469. The van der Waals surface area contributed by atoms with Gasteiger partial charge in [0.15, 0.2) is 0 Å². The second-order valence-electron chi connectivity index (χ2n) is 6.46. The number of halogens is 3. The Balaban J connectivity index is 2.29. The maximum atomic E-state index is 13.3. The Morgan fingerprint density at radius 3 is 2.62 bits per heavy atom. The van der Waals surface area contributed by atoms with Crippen molar-refractivity contribution < 1.29 is 9.90 Å².